The van der Waals surface area contributed by atoms with Crippen LogP contribution in [0.3, 0.4) is 0 Å². The van der Waals surface area contributed by atoms with E-state index in [1.807, 2.05) is 19.1 Å². The van der Waals surface area contributed by atoms with Crippen molar-refractivity contribution in [2.45, 2.75) is 13.3 Å². The molecule has 0 spiro atoms. The van der Waals surface area contributed by atoms with Crippen molar-refractivity contribution in [1.29, 1.82) is 0 Å². The molecule has 2 aromatic carbocycles. The van der Waals surface area contributed by atoms with Crippen molar-refractivity contribution >= 4 is 29.4 Å². The Hall–Kier alpha value is -3.06. The van der Waals surface area contributed by atoms with E-state index in [0.29, 0.717) is 35.9 Å². The molecule has 7 nitrogen and oxygen atoms in total. The average molecular weight is 419 g/mol. The molecule has 0 fully saturated rings. The highest BCUT2D eigenvalue weighted by atomic mass is 35.5. The second kappa shape index (κ2) is 11.7. The van der Waals surface area contributed by atoms with Crippen molar-refractivity contribution in [2.75, 3.05) is 26.3 Å². The number of carbonyl (C=O) groups excluding carboxylic acids is 3. The van der Waals surface area contributed by atoms with Crippen LogP contribution < -0.4 is 15.4 Å². The van der Waals surface area contributed by atoms with Crippen molar-refractivity contribution < 1.29 is 23.9 Å². The Bertz CT molecular complexity index is 839. The number of halogens is 1. The van der Waals surface area contributed by atoms with Gasteiger partial charge in [0, 0.05) is 11.6 Å². The van der Waals surface area contributed by atoms with E-state index >= 15 is 0 Å². The number of benzene rings is 2. The molecule has 29 heavy (non-hydrogen) atoms. The van der Waals surface area contributed by atoms with Gasteiger partial charge in [0.2, 0.25) is 0 Å². The van der Waals surface area contributed by atoms with E-state index in [1.54, 1.807) is 36.4 Å². The highest BCUT2D eigenvalue weighted by Gasteiger charge is 2.14. The molecule has 154 valence electrons. The van der Waals surface area contributed by atoms with Gasteiger partial charge in [-0.2, -0.15) is 0 Å². The monoisotopic (exact) mass is 418 g/mol. The van der Waals surface area contributed by atoms with Crippen LogP contribution in [0.2, 0.25) is 5.02 Å². The molecule has 0 aliphatic heterocycles. The summed E-state index contributed by atoms with van der Waals surface area (Å²) in [4.78, 5) is 35.7. The summed E-state index contributed by atoms with van der Waals surface area (Å²) in [7, 11) is 0. The number of esters is 1. The van der Waals surface area contributed by atoms with Crippen LogP contribution in [0.1, 0.15) is 22.8 Å². The van der Waals surface area contributed by atoms with Crippen LogP contribution in [-0.4, -0.2) is 44.1 Å². The molecule has 0 saturated carbocycles. The van der Waals surface area contributed by atoms with Crippen molar-refractivity contribution in [2.24, 2.45) is 0 Å². The van der Waals surface area contributed by atoms with E-state index in [1.165, 1.54) is 0 Å². The average Bonchev–Trinajstić information content (AvgIpc) is 2.72. The Balaban J connectivity index is 1.66. The molecule has 0 bridgehead atoms. The van der Waals surface area contributed by atoms with Gasteiger partial charge in [-0.15, -0.1) is 0 Å². The number of para-hydroxylation sites is 1. The number of hydrogen-bond acceptors (Lipinski definition) is 5. The van der Waals surface area contributed by atoms with Gasteiger partial charge in [-0.3, -0.25) is 14.4 Å². The van der Waals surface area contributed by atoms with E-state index in [-0.39, 0.29) is 6.54 Å². The fourth-order valence-electron chi connectivity index (χ4n) is 2.43. The van der Waals surface area contributed by atoms with E-state index in [2.05, 4.69) is 10.6 Å². The normalized spacial score (nSPS) is 10.1. The summed E-state index contributed by atoms with van der Waals surface area (Å²) >= 11 is 5.82. The van der Waals surface area contributed by atoms with Gasteiger partial charge >= 0.3 is 5.97 Å². The molecule has 0 saturated heterocycles. The third-order valence-corrected chi connectivity index (χ3v) is 4.09. The first-order chi connectivity index (χ1) is 14.0. The quantitative estimate of drug-likeness (QED) is 0.578. The number of amides is 2. The third kappa shape index (κ3) is 7.83. The van der Waals surface area contributed by atoms with Crippen LogP contribution in [0.15, 0.2) is 48.5 Å². The molecular formula is C21H23ClN2O5. The summed E-state index contributed by atoms with van der Waals surface area (Å²) in [6.07, 6.45) is 0.631. The van der Waals surface area contributed by atoms with Crippen molar-refractivity contribution in [3.05, 3.63) is 64.7 Å². The zero-order valence-electron chi connectivity index (χ0n) is 16.1. The molecule has 0 atom stereocenters. The highest BCUT2D eigenvalue weighted by molar-refractivity contribution is 6.30. The molecule has 0 aliphatic rings. The standard InChI is InChI=1S/C21H23ClN2O5/c1-2-28-18-6-4-3-5-17(18)21(27)24-13-20(26)29-14-19(25)23-12-11-15-7-9-16(22)10-8-15/h3-10H,2,11-14H2,1H3,(H,23,25)(H,24,27). The van der Waals surface area contributed by atoms with E-state index in [0.717, 1.165) is 5.56 Å². The lowest BCUT2D eigenvalue weighted by atomic mass is 10.1. The van der Waals surface area contributed by atoms with Crippen LogP contribution in [-0.2, 0) is 20.7 Å². The molecule has 0 unspecified atom stereocenters. The highest BCUT2D eigenvalue weighted by Crippen LogP contribution is 2.17. The van der Waals surface area contributed by atoms with Gasteiger partial charge in [-0.1, -0.05) is 35.9 Å². The lowest BCUT2D eigenvalue weighted by molar-refractivity contribution is -0.147. The second-order valence-electron chi connectivity index (χ2n) is 6.00. The Morgan fingerprint density at radius 3 is 2.45 bits per heavy atom. The summed E-state index contributed by atoms with van der Waals surface area (Å²) in [5, 5.41) is 5.77. The van der Waals surface area contributed by atoms with Gasteiger partial charge in [-0.05, 0) is 43.2 Å². The zero-order valence-corrected chi connectivity index (χ0v) is 16.8. The predicted molar refractivity (Wildman–Crippen MR) is 109 cm³/mol. The molecule has 0 radical (unpaired) electrons. The summed E-state index contributed by atoms with van der Waals surface area (Å²) in [6.45, 7) is 1.87. The number of hydrogen-bond donors (Lipinski definition) is 2. The topological polar surface area (TPSA) is 93.7 Å². The lowest BCUT2D eigenvalue weighted by Gasteiger charge is -2.10. The second-order valence-corrected chi connectivity index (χ2v) is 6.44. The fraction of sp³-hybridized carbons (Fsp3) is 0.286. The van der Waals surface area contributed by atoms with Crippen LogP contribution >= 0.6 is 11.6 Å². The molecule has 0 heterocycles. The van der Waals surface area contributed by atoms with Gasteiger partial charge in [-0.25, -0.2) is 0 Å². The molecule has 2 amide bonds. The minimum absolute atomic E-state index is 0.321. The zero-order chi connectivity index (χ0) is 21.1. The van der Waals surface area contributed by atoms with Crippen LogP contribution in [0, 0.1) is 0 Å². The minimum Gasteiger partial charge on any atom is -0.493 e. The molecule has 2 N–H and O–H groups in total. The first kappa shape index (κ1) is 22.2. The number of carbonyl (C=O) groups is 3. The van der Waals surface area contributed by atoms with Gasteiger partial charge in [0.1, 0.15) is 12.3 Å². The smallest absolute Gasteiger partial charge is 0.325 e. The molecular weight excluding hydrogens is 396 g/mol. The predicted octanol–water partition coefficient (Wildman–Crippen LogP) is 2.37. The SMILES string of the molecule is CCOc1ccccc1C(=O)NCC(=O)OCC(=O)NCCc1ccc(Cl)cc1. The maximum Gasteiger partial charge on any atom is 0.325 e. The maximum atomic E-state index is 12.2. The Morgan fingerprint density at radius 1 is 1.00 bits per heavy atom. The first-order valence-corrected chi connectivity index (χ1v) is 9.54. The van der Waals surface area contributed by atoms with Crippen LogP contribution in [0.5, 0.6) is 5.75 Å². The molecule has 2 aromatic rings. The number of ether oxygens (including phenoxy) is 2. The first-order valence-electron chi connectivity index (χ1n) is 9.16. The van der Waals surface area contributed by atoms with E-state index < -0.39 is 24.4 Å². The van der Waals surface area contributed by atoms with Crippen molar-refractivity contribution in [3.8, 4) is 5.75 Å². The van der Waals surface area contributed by atoms with E-state index in [4.69, 9.17) is 21.1 Å². The van der Waals surface area contributed by atoms with Gasteiger partial charge in [0.05, 0.1) is 12.2 Å². The van der Waals surface area contributed by atoms with Crippen LogP contribution in [0.25, 0.3) is 0 Å². The summed E-state index contributed by atoms with van der Waals surface area (Å²) in [5.41, 5.74) is 1.35. The Kier molecular flexibility index (Phi) is 8.98. The molecule has 0 aliphatic carbocycles. The number of nitrogens with one attached hydrogen (secondary N) is 2. The largest absolute Gasteiger partial charge is 0.493 e. The Morgan fingerprint density at radius 2 is 1.72 bits per heavy atom. The van der Waals surface area contributed by atoms with Gasteiger partial charge < -0.3 is 20.1 Å². The maximum absolute atomic E-state index is 12.2. The summed E-state index contributed by atoms with van der Waals surface area (Å²) in [5.74, 6) is -1.15. The molecule has 2 rings (SSSR count). The summed E-state index contributed by atoms with van der Waals surface area (Å²) < 4.78 is 10.3. The summed E-state index contributed by atoms with van der Waals surface area (Å²) in [6, 6.07) is 14.0. The van der Waals surface area contributed by atoms with E-state index in [9.17, 15) is 14.4 Å². The van der Waals surface area contributed by atoms with Gasteiger partial charge in [0.25, 0.3) is 11.8 Å². The van der Waals surface area contributed by atoms with Crippen molar-refractivity contribution in [1.82, 2.24) is 10.6 Å². The molecule has 0 aromatic heterocycles. The van der Waals surface area contributed by atoms with Crippen molar-refractivity contribution in [3.63, 3.8) is 0 Å². The van der Waals surface area contributed by atoms with Gasteiger partial charge in [0.15, 0.2) is 6.61 Å². The minimum atomic E-state index is -0.708. The molecule has 8 heteroatoms. The third-order valence-electron chi connectivity index (χ3n) is 3.84. The Labute approximate surface area is 174 Å². The van der Waals surface area contributed by atoms with Crippen LogP contribution in [0.4, 0.5) is 0 Å². The number of rotatable bonds is 10. The fourth-order valence-corrected chi connectivity index (χ4v) is 2.55. The lowest BCUT2D eigenvalue weighted by Crippen LogP contribution is -2.34.